The summed E-state index contributed by atoms with van der Waals surface area (Å²) in [5.41, 5.74) is 7.70. The summed E-state index contributed by atoms with van der Waals surface area (Å²) >= 11 is 0. The minimum atomic E-state index is 0.000167. The standard InChI is InChI=1S/C13H22N2O2/c1-4-12-6-11(8-14)7-13(15-12)17-10(3)9-16-5-2/h6-7,10H,4-5,8-9,14H2,1-3H3. The Kier molecular flexibility index (Phi) is 5.94. The number of nitrogens with zero attached hydrogens (tertiary/aromatic N) is 1. The van der Waals surface area contributed by atoms with Gasteiger partial charge in [-0.3, -0.25) is 0 Å². The first kappa shape index (κ1) is 13.9. The first-order chi connectivity index (χ1) is 8.19. The van der Waals surface area contributed by atoms with Gasteiger partial charge in [-0.05, 0) is 31.9 Å². The molecule has 96 valence electrons. The average molecular weight is 238 g/mol. The van der Waals surface area contributed by atoms with Crippen molar-refractivity contribution in [3.8, 4) is 5.88 Å². The van der Waals surface area contributed by atoms with Crippen molar-refractivity contribution in [1.29, 1.82) is 0 Å². The summed E-state index contributed by atoms with van der Waals surface area (Å²) in [6.45, 7) is 7.78. The minimum absolute atomic E-state index is 0.000167. The van der Waals surface area contributed by atoms with Crippen molar-refractivity contribution in [3.05, 3.63) is 23.4 Å². The molecule has 1 aromatic heterocycles. The zero-order valence-electron chi connectivity index (χ0n) is 10.9. The van der Waals surface area contributed by atoms with E-state index in [4.69, 9.17) is 15.2 Å². The predicted molar refractivity (Wildman–Crippen MR) is 68.1 cm³/mol. The average Bonchev–Trinajstić information content (AvgIpc) is 2.35. The number of rotatable bonds is 7. The molecule has 0 aliphatic carbocycles. The van der Waals surface area contributed by atoms with Gasteiger partial charge in [0.15, 0.2) is 0 Å². The zero-order valence-corrected chi connectivity index (χ0v) is 10.9. The molecule has 0 aliphatic heterocycles. The number of pyridine rings is 1. The molecule has 0 spiro atoms. The van der Waals surface area contributed by atoms with E-state index in [1.54, 1.807) is 0 Å². The molecule has 0 saturated heterocycles. The van der Waals surface area contributed by atoms with Crippen molar-refractivity contribution >= 4 is 0 Å². The van der Waals surface area contributed by atoms with E-state index in [1.807, 2.05) is 26.0 Å². The van der Waals surface area contributed by atoms with Crippen LogP contribution in [-0.2, 0) is 17.7 Å². The number of nitrogens with two attached hydrogens (primary N) is 1. The lowest BCUT2D eigenvalue weighted by Crippen LogP contribution is -2.20. The highest BCUT2D eigenvalue weighted by molar-refractivity contribution is 5.25. The van der Waals surface area contributed by atoms with Crippen molar-refractivity contribution < 1.29 is 9.47 Å². The van der Waals surface area contributed by atoms with Gasteiger partial charge in [-0.2, -0.15) is 0 Å². The molecule has 1 heterocycles. The number of aromatic nitrogens is 1. The highest BCUT2D eigenvalue weighted by Crippen LogP contribution is 2.14. The van der Waals surface area contributed by atoms with Crippen LogP contribution < -0.4 is 10.5 Å². The summed E-state index contributed by atoms with van der Waals surface area (Å²) in [6, 6.07) is 3.90. The van der Waals surface area contributed by atoms with Crippen LogP contribution in [0.4, 0.5) is 0 Å². The highest BCUT2D eigenvalue weighted by atomic mass is 16.5. The summed E-state index contributed by atoms with van der Waals surface area (Å²) in [4.78, 5) is 4.41. The van der Waals surface area contributed by atoms with Crippen LogP contribution in [0.2, 0.25) is 0 Å². The van der Waals surface area contributed by atoms with Gasteiger partial charge in [0.1, 0.15) is 6.10 Å². The molecule has 0 aromatic carbocycles. The van der Waals surface area contributed by atoms with E-state index in [1.165, 1.54) is 0 Å². The molecule has 1 aromatic rings. The van der Waals surface area contributed by atoms with Gasteiger partial charge in [-0.25, -0.2) is 4.98 Å². The van der Waals surface area contributed by atoms with E-state index < -0.39 is 0 Å². The third kappa shape index (κ3) is 4.71. The molecule has 4 nitrogen and oxygen atoms in total. The molecule has 1 rings (SSSR count). The molecule has 2 N–H and O–H groups in total. The molecule has 1 atom stereocenters. The van der Waals surface area contributed by atoms with Crippen LogP contribution in [0, 0.1) is 0 Å². The van der Waals surface area contributed by atoms with Crippen LogP contribution in [0.15, 0.2) is 12.1 Å². The third-order valence-corrected chi connectivity index (χ3v) is 2.39. The van der Waals surface area contributed by atoms with E-state index in [-0.39, 0.29) is 6.10 Å². The van der Waals surface area contributed by atoms with Gasteiger partial charge in [0.05, 0.1) is 6.61 Å². The Morgan fingerprint density at radius 3 is 2.71 bits per heavy atom. The van der Waals surface area contributed by atoms with Gasteiger partial charge in [-0.15, -0.1) is 0 Å². The maximum absolute atomic E-state index is 5.71. The van der Waals surface area contributed by atoms with Crippen LogP contribution in [0.1, 0.15) is 32.0 Å². The zero-order chi connectivity index (χ0) is 12.7. The Morgan fingerprint density at radius 1 is 1.35 bits per heavy atom. The van der Waals surface area contributed by atoms with Crippen molar-refractivity contribution in [2.75, 3.05) is 13.2 Å². The van der Waals surface area contributed by atoms with E-state index in [0.717, 1.165) is 17.7 Å². The second-order valence-electron chi connectivity index (χ2n) is 3.95. The monoisotopic (exact) mass is 238 g/mol. The molecule has 0 bridgehead atoms. The van der Waals surface area contributed by atoms with Gasteiger partial charge in [0.25, 0.3) is 0 Å². The predicted octanol–water partition coefficient (Wildman–Crippen LogP) is 1.91. The Bertz CT molecular complexity index is 320. The molecule has 1 unspecified atom stereocenters. The van der Waals surface area contributed by atoms with Crippen LogP contribution in [0.5, 0.6) is 5.88 Å². The van der Waals surface area contributed by atoms with Crippen LogP contribution >= 0.6 is 0 Å². The van der Waals surface area contributed by atoms with Crippen LogP contribution in [0.3, 0.4) is 0 Å². The maximum atomic E-state index is 5.71. The van der Waals surface area contributed by atoms with Gasteiger partial charge < -0.3 is 15.2 Å². The Balaban J connectivity index is 2.68. The third-order valence-electron chi connectivity index (χ3n) is 2.39. The minimum Gasteiger partial charge on any atom is -0.472 e. The van der Waals surface area contributed by atoms with E-state index >= 15 is 0 Å². The second-order valence-corrected chi connectivity index (χ2v) is 3.95. The fourth-order valence-electron chi connectivity index (χ4n) is 1.50. The van der Waals surface area contributed by atoms with Crippen molar-refractivity contribution in [2.24, 2.45) is 5.73 Å². The van der Waals surface area contributed by atoms with E-state index in [0.29, 0.717) is 25.6 Å². The first-order valence-electron chi connectivity index (χ1n) is 6.13. The number of ether oxygens (including phenoxy) is 2. The lowest BCUT2D eigenvalue weighted by atomic mass is 10.2. The molecule has 0 aliphatic rings. The summed E-state index contributed by atoms with van der Waals surface area (Å²) in [7, 11) is 0. The topological polar surface area (TPSA) is 57.4 Å². The second kappa shape index (κ2) is 7.25. The molecule has 0 amide bonds. The fourth-order valence-corrected chi connectivity index (χ4v) is 1.50. The van der Waals surface area contributed by atoms with Crippen molar-refractivity contribution in [1.82, 2.24) is 4.98 Å². The van der Waals surface area contributed by atoms with Crippen LogP contribution in [0.25, 0.3) is 0 Å². The number of hydrogen-bond donors (Lipinski definition) is 1. The lowest BCUT2D eigenvalue weighted by molar-refractivity contribution is 0.0632. The van der Waals surface area contributed by atoms with Crippen molar-refractivity contribution in [3.63, 3.8) is 0 Å². The van der Waals surface area contributed by atoms with Gasteiger partial charge in [0, 0.05) is 24.9 Å². The lowest BCUT2D eigenvalue weighted by Gasteiger charge is -2.15. The molecular weight excluding hydrogens is 216 g/mol. The summed E-state index contributed by atoms with van der Waals surface area (Å²) in [5, 5.41) is 0. The molecule has 17 heavy (non-hydrogen) atoms. The molecule has 0 fully saturated rings. The quantitative estimate of drug-likeness (QED) is 0.788. The smallest absolute Gasteiger partial charge is 0.214 e. The Hall–Kier alpha value is -1.13. The van der Waals surface area contributed by atoms with Gasteiger partial charge in [-0.1, -0.05) is 6.92 Å². The summed E-state index contributed by atoms with van der Waals surface area (Å²) in [5.74, 6) is 0.636. The van der Waals surface area contributed by atoms with E-state index in [9.17, 15) is 0 Å². The molecule has 4 heteroatoms. The van der Waals surface area contributed by atoms with E-state index in [2.05, 4.69) is 11.9 Å². The highest BCUT2D eigenvalue weighted by Gasteiger charge is 2.07. The van der Waals surface area contributed by atoms with Crippen LogP contribution in [-0.4, -0.2) is 24.3 Å². The Morgan fingerprint density at radius 2 is 2.12 bits per heavy atom. The first-order valence-corrected chi connectivity index (χ1v) is 6.13. The largest absolute Gasteiger partial charge is 0.472 e. The SMILES string of the molecule is CCOCC(C)Oc1cc(CN)cc(CC)n1. The summed E-state index contributed by atoms with van der Waals surface area (Å²) in [6.07, 6.45) is 0.879. The molecule has 0 radical (unpaired) electrons. The maximum Gasteiger partial charge on any atom is 0.214 e. The summed E-state index contributed by atoms with van der Waals surface area (Å²) < 4.78 is 11.0. The Labute approximate surface area is 103 Å². The van der Waals surface area contributed by atoms with Gasteiger partial charge >= 0.3 is 0 Å². The molecular formula is C13H22N2O2. The van der Waals surface area contributed by atoms with Crippen molar-refractivity contribution in [2.45, 2.75) is 39.8 Å². The molecule has 0 saturated carbocycles. The van der Waals surface area contributed by atoms with Gasteiger partial charge in [0.2, 0.25) is 5.88 Å². The normalized spacial score (nSPS) is 12.5. The number of aryl methyl sites for hydroxylation is 1. The number of hydrogen-bond acceptors (Lipinski definition) is 4. The fraction of sp³-hybridized carbons (Fsp3) is 0.615.